The van der Waals surface area contributed by atoms with Crippen molar-refractivity contribution in [1.29, 1.82) is 0 Å². The number of rotatable bonds is 4. The van der Waals surface area contributed by atoms with E-state index in [1.807, 2.05) is 0 Å². The van der Waals surface area contributed by atoms with E-state index < -0.39 is 0 Å². The second-order valence-electron chi connectivity index (χ2n) is 8.57. The van der Waals surface area contributed by atoms with E-state index in [1.54, 1.807) is 0 Å². The molecular formula is C20H38. The van der Waals surface area contributed by atoms with E-state index in [0.29, 0.717) is 0 Å². The van der Waals surface area contributed by atoms with Crippen molar-refractivity contribution < 1.29 is 0 Å². The van der Waals surface area contributed by atoms with E-state index >= 15 is 0 Å². The van der Waals surface area contributed by atoms with Crippen LogP contribution in [0.4, 0.5) is 0 Å². The van der Waals surface area contributed by atoms with Gasteiger partial charge < -0.3 is 0 Å². The monoisotopic (exact) mass is 278 g/mol. The normalized spacial score (nSPS) is 37.4. The molecular weight excluding hydrogens is 240 g/mol. The maximum Gasteiger partial charge on any atom is -0.0355 e. The fourth-order valence-corrected chi connectivity index (χ4v) is 5.66. The summed E-state index contributed by atoms with van der Waals surface area (Å²) >= 11 is 0. The van der Waals surface area contributed by atoms with Gasteiger partial charge in [0.2, 0.25) is 0 Å². The summed E-state index contributed by atoms with van der Waals surface area (Å²) in [6.45, 7) is 12.5. The summed E-state index contributed by atoms with van der Waals surface area (Å²) < 4.78 is 0. The summed E-state index contributed by atoms with van der Waals surface area (Å²) in [6.07, 6.45) is 12.0. The molecule has 0 N–H and O–H groups in total. The van der Waals surface area contributed by atoms with Crippen LogP contribution in [0.1, 0.15) is 86.0 Å². The van der Waals surface area contributed by atoms with Gasteiger partial charge in [0, 0.05) is 0 Å². The van der Waals surface area contributed by atoms with Gasteiger partial charge in [-0.1, -0.05) is 60.3 Å². The van der Waals surface area contributed by atoms with Crippen LogP contribution in [0.5, 0.6) is 0 Å². The molecule has 0 aromatic carbocycles. The van der Waals surface area contributed by atoms with Gasteiger partial charge >= 0.3 is 0 Å². The van der Waals surface area contributed by atoms with E-state index in [0.717, 1.165) is 41.4 Å². The highest BCUT2D eigenvalue weighted by Gasteiger charge is 2.39. The summed E-state index contributed by atoms with van der Waals surface area (Å²) in [6, 6.07) is 0. The minimum atomic E-state index is 0.892. The van der Waals surface area contributed by atoms with Crippen LogP contribution in [0.25, 0.3) is 0 Å². The van der Waals surface area contributed by atoms with Crippen LogP contribution in [-0.4, -0.2) is 0 Å². The molecule has 2 aliphatic rings. The minimum Gasteiger partial charge on any atom is -0.0625 e. The van der Waals surface area contributed by atoms with Crippen LogP contribution in [0.3, 0.4) is 0 Å². The van der Waals surface area contributed by atoms with Gasteiger partial charge in [0.05, 0.1) is 0 Å². The first-order valence-electron chi connectivity index (χ1n) is 9.52. The van der Waals surface area contributed by atoms with Crippen LogP contribution in [0.2, 0.25) is 0 Å². The average molecular weight is 279 g/mol. The zero-order chi connectivity index (χ0) is 14.7. The summed E-state index contributed by atoms with van der Waals surface area (Å²) in [7, 11) is 0. The summed E-state index contributed by atoms with van der Waals surface area (Å²) in [5.74, 6) is 6.81. The second-order valence-corrected chi connectivity index (χ2v) is 8.57. The minimum absolute atomic E-state index is 0.892. The van der Waals surface area contributed by atoms with Gasteiger partial charge in [-0.3, -0.25) is 0 Å². The van der Waals surface area contributed by atoms with Crippen LogP contribution in [0, 0.1) is 41.4 Å². The first-order chi connectivity index (χ1) is 9.52. The van der Waals surface area contributed by atoms with Gasteiger partial charge in [0.15, 0.2) is 0 Å². The first kappa shape index (κ1) is 16.4. The quantitative estimate of drug-likeness (QED) is 0.547. The van der Waals surface area contributed by atoms with Crippen molar-refractivity contribution in [2.75, 3.05) is 0 Å². The SMILES string of the molecule is CC(C)C1CCCCC1C(C)C1CCCCC1C(C)C. The molecule has 0 nitrogen and oxygen atoms in total. The topological polar surface area (TPSA) is 0 Å². The zero-order valence-corrected chi connectivity index (χ0v) is 14.7. The predicted octanol–water partition coefficient (Wildman–Crippen LogP) is 6.55. The summed E-state index contributed by atoms with van der Waals surface area (Å²) in [4.78, 5) is 0. The molecule has 0 aromatic rings. The molecule has 0 heteroatoms. The Balaban J connectivity index is 2.08. The van der Waals surface area contributed by atoms with Gasteiger partial charge in [-0.05, 0) is 67.1 Å². The van der Waals surface area contributed by atoms with Crippen molar-refractivity contribution in [3.05, 3.63) is 0 Å². The highest BCUT2D eigenvalue weighted by molar-refractivity contribution is 4.88. The lowest BCUT2D eigenvalue weighted by molar-refractivity contribution is 0.0389. The maximum absolute atomic E-state index is 2.62. The molecule has 0 bridgehead atoms. The van der Waals surface area contributed by atoms with Gasteiger partial charge in [0.25, 0.3) is 0 Å². The Morgan fingerprint density at radius 1 is 0.500 bits per heavy atom. The fourth-order valence-electron chi connectivity index (χ4n) is 5.66. The lowest BCUT2D eigenvalue weighted by Crippen LogP contribution is -2.37. The Kier molecular flexibility index (Phi) is 5.99. The third kappa shape index (κ3) is 3.60. The third-order valence-corrected chi connectivity index (χ3v) is 6.81. The molecule has 2 rings (SSSR count). The van der Waals surface area contributed by atoms with Gasteiger partial charge in [-0.15, -0.1) is 0 Å². The van der Waals surface area contributed by atoms with Crippen LogP contribution >= 0.6 is 0 Å². The Hall–Kier alpha value is 0. The highest BCUT2D eigenvalue weighted by atomic mass is 14.4. The van der Waals surface area contributed by atoms with E-state index in [9.17, 15) is 0 Å². The Morgan fingerprint density at radius 3 is 1.10 bits per heavy atom. The number of hydrogen-bond donors (Lipinski definition) is 0. The van der Waals surface area contributed by atoms with Crippen molar-refractivity contribution >= 4 is 0 Å². The van der Waals surface area contributed by atoms with Crippen molar-refractivity contribution in [3.63, 3.8) is 0 Å². The fraction of sp³-hybridized carbons (Fsp3) is 1.00. The molecule has 0 amide bonds. The van der Waals surface area contributed by atoms with Gasteiger partial charge in [-0.2, -0.15) is 0 Å². The van der Waals surface area contributed by atoms with Crippen molar-refractivity contribution in [2.24, 2.45) is 41.4 Å². The molecule has 0 heterocycles. The van der Waals surface area contributed by atoms with Crippen molar-refractivity contribution in [3.8, 4) is 0 Å². The van der Waals surface area contributed by atoms with E-state index in [4.69, 9.17) is 0 Å². The zero-order valence-electron chi connectivity index (χ0n) is 14.7. The maximum atomic E-state index is 2.62. The Morgan fingerprint density at radius 2 is 0.800 bits per heavy atom. The average Bonchev–Trinajstić information content (AvgIpc) is 2.46. The largest absolute Gasteiger partial charge is 0.0625 e. The smallest absolute Gasteiger partial charge is 0.0355 e. The second kappa shape index (κ2) is 7.32. The molecule has 4 atom stereocenters. The molecule has 0 aliphatic heterocycles. The molecule has 0 aromatic heterocycles. The standard InChI is InChI=1S/C20H38/c1-14(2)17-10-6-8-12-19(17)16(5)20-13-9-7-11-18(20)15(3)4/h14-20H,6-13H2,1-5H3. The molecule has 20 heavy (non-hydrogen) atoms. The van der Waals surface area contributed by atoms with Crippen molar-refractivity contribution in [2.45, 2.75) is 86.0 Å². The molecule has 4 unspecified atom stereocenters. The molecule has 0 radical (unpaired) electrons. The van der Waals surface area contributed by atoms with Gasteiger partial charge in [-0.25, -0.2) is 0 Å². The Bertz CT molecular complexity index is 250. The molecule has 2 saturated carbocycles. The van der Waals surface area contributed by atoms with Crippen LogP contribution in [-0.2, 0) is 0 Å². The van der Waals surface area contributed by atoms with Crippen LogP contribution in [0.15, 0.2) is 0 Å². The van der Waals surface area contributed by atoms with Gasteiger partial charge in [0.1, 0.15) is 0 Å². The molecule has 2 fully saturated rings. The van der Waals surface area contributed by atoms with E-state index in [1.165, 1.54) is 51.4 Å². The molecule has 2 aliphatic carbocycles. The first-order valence-corrected chi connectivity index (χ1v) is 9.52. The van der Waals surface area contributed by atoms with E-state index in [2.05, 4.69) is 34.6 Å². The predicted molar refractivity (Wildman–Crippen MR) is 89.7 cm³/mol. The molecule has 118 valence electrons. The summed E-state index contributed by atoms with van der Waals surface area (Å²) in [5.41, 5.74) is 0. The lowest BCUT2D eigenvalue weighted by Gasteiger charge is -2.46. The Labute approximate surface area is 128 Å². The summed E-state index contributed by atoms with van der Waals surface area (Å²) in [5, 5.41) is 0. The highest BCUT2D eigenvalue weighted by Crippen LogP contribution is 2.48. The van der Waals surface area contributed by atoms with Crippen LogP contribution < -0.4 is 0 Å². The third-order valence-electron chi connectivity index (χ3n) is 6.81. The van der Waals surface area contributed by atoms with Crippen molar-refractivity contribution in [1.82, 2.24) is 0 Å². The lowest BCUT2D eigenvalue weighted by atomic mass is 9.60. The molecule has 0 spiro atoms. The van der Waals surface area contributed by atoms with E-state index in [-0.39, 0.29) is 0 Å². The number of hydrogen-bond acceptors (Lipinski definition) is 0. The molecule has 0 saturated heterocycles.